The van der Waals surface area contributed by atoms with Gasteiger partial charge in [-0.25, -0.2) is 0 Å². The van der Waals surface area contributed by atoms with Crippen LogP contribution in [0.25, 0.3) is 11.6 Å². The van der Waals surface area contributed by atoms with Gasteiger partial charge in [-0.1, -0.05) is 12.1 Å². The van der Waals surface area contributed by atoms with Gasteiger partial charge < -0.3 is 9.47 Å². The highest BCUT2D eigenvalue weighted by molar-refractivity contribution is 14.1. The van der Waals surface area contributed by atoms with Gasteiger partial charge in [0.25, 0.3) is 5.69 Å². The number of non-ortho nitro benzene ring substituents is 1. The monoisotopic (exact) mass is 604 g/mol. The molecule has 3 rings (SSSR count). The van der Waals surface area contributed by atoms with Gasteiger partial charge in [-0.15, -0.1) is 0 Å². The van der Waals surface area contributed by atoms with E-state index >= 15 is 0 Å². The van der Waals surface area contributed by atoms with Crippen LogP contribution in [0.2, 0.25) is 0 Å². The van der Waals surface area contributed by atoms with Crippen molar-refractivity contribution in [3.63, 3.8) is 0 Å². The molecular formula is C24H18BrIN2O4. The van der Waals surface area contributed by atoms with Crippen molar-refractivity contribution in [1.29, 1.82) is 5.26 Å². The lowest BCUT2D eigenvalue weighted by Crippen LogP contribution is -2.01. The molecular weight excluding hydrogens is 587 g/mol. The lowest BCUT2D eigenvalue weighted by Gasteiger charge is -2.15. The van der Waals surface area contributed by atoms with Crippen molar-refractivity contribution in [2.75, 3.05) is 6.61 Å². The van der Waals surface area contributed by atoms with Crippen molar-refractivity contribution < 1.29 is 14.4 Å². The van der Waals surface area contributed by atoms with Gasteiger partial charge in [-0.3, -0.25) is 10.1 Å². The smallest absolute Gasteiger partial charge is 0.269 e. The molecule has 3 aromatic carbocycles. The molecule has 0 saturated carbocycles. The van der Waals surface area contributed by atoms with Crippen LogP contribution >= 0.6 is 38.5 Å². The molecule has 32 heavy (non-hydrogen) atoms. The molecule has 3 aromatic rings. The van der Waals surface area contributed by atoms with Crippen LogP contribution in [0.5, 0.6) is 11.5 Å². The second-order valence-electron chi connectivity index (χ2n) is 6.65. The van der Waals surface area contributed by atoms with Crippen LogP contribution in [0.4, 0.5) is 5.69 Å². The van der Waals surface area contributed by atoms with Gasteiger partial charge in [-0.05, 0) is 105 Å². The van der Waals surface area contributed by atoms with Crippen molar-refractivity contribution in [1.82, 2.24) is 0 Å². The van der Waals surface area contributed by atoms with Crippen molar-refractivity contribution in [3.05, 3.63) is 95.5 Å². The zero-order valence-corrected chi connectivity index (χ0v) is 20.8. The van der Waals surface area contributed by atoms with Crippen LogP contribution in [-0.2, 0) is 6.61 Å². The van der Waals surface area contributed by atoms with Gasteiger partial charge in [0.05, 0.1) is 27.6 Å². The summed E-state index contributed by atoms with van der Waals surface area (Å²) in [5.41, 5.74) is 2.71. The first-order valence-electron chi connectivity index (χ1n) is 9.61. The highest BCUT2D eigenvalue weighted by Crippen LogP contribution is 2.38. The first kappa shape index (κ1) is 23.8. The summed E-state index contributed by atoms with van der Waals surface area (Å²) in [7, 11) is 0. The first-order chi connectivity index (χ1) is 15.4. The molecule has 0 aliphatic rings. The molecule has 0 saturated heterocycles. The third-order valence-corrected chi connectivity index (χ3v) is 5.76. The molecule has 0 spiro atoms. The highest BCUT2D eigenvalue weighted by atomic mass is 127. The predicted octanol–water partition coefficient (Wildman–Crippen LogP) is 7.00. The SMILES string of the molecule is CCOc1cc(/C=C(/C#N)c2ccc([N+](=O)[O-])cc2)cc(Br)c1OCc1ccc(I)cc1. The molecule has 0 aliphatic heterocycles. The Kier molecular flexibility index (Phi) is 8.25. The minimum atomic E-state index is -0.472. The van der Waals surface area contributed by atoms with Gasteiger partial charge in [0.2, 0.25) is 0 Å². The number of allylic oxidation sites excluding steroid dienone is 1. The van der Waals surface area contributed by atoms with E-state index in [0.29, 0.717) is 40.3 Å². The summed E-state index contributed by atoms with van der Waals surface area (Å²) in [5.74, 6) is 1.14. The minimum Gasteiger partial charge on any atom is -0.490 e. The fourth-order valence-corrected chi connectivity index (χ4v) is 3.85. The molecule has 8 heteroatoms. The third kappa shape index (κ3) is 6.08. The van der Waals surface area contributed by atoms with E-state index in [-0.39, 0.29) is 5.69 Å². The van der Waals surface area contributed by atoms with Crippen LogP contribution < -0.4 is 9.47 Å². The molecule has 0 amide bonds. The molecule has 0 bridgehead atoms. The van der Waals surface area contributed by atoms with Gasteiger partial charge in [0, 0.05) is 15.7 Å². The average Bonchev–Trinajstić information content (AvgIpc) is 2.78. The van der Waals surface area contributed by atoms with Crippen molar-refractivity contribution in [2.45, 2.75) is 13.5 Å². The fourth-order valence-electron chi connectivity index (χ4n) is 2.92. The molecule has 0 aromatic heterocycles. The topological polar surface area (TPSA) is 85.4 Å². The molecule has 0 N–H and O–H groups in total. The number of nitro groups is 1. The van der Waals surface area contributed by atoms with Gasteiger partial charge in [-0.2, -0.15) is 5.26 Å². The fraction of sp³-hybridized carbons (Fsp3) is 0.125. The Labute approximate surface area is 207 Å². The lowest BCUT2D eigenvalue weighted by atomic mass is 10.0. The normalized spacial score (nSPS) is 11.0. The van der Waals surface area contributed by atoms with Crippen molar-refractivity contribution >= 4 is 55.9 Å². The predicted molar refractivity (Wildman–Crippen MR) is 135 cm³/mol. The van der Waals surface area contributed by atoms with Crippen LogP contribution in [0.3, 0.4) is 0 Å². The maximum atomic E-state index is 10.9. The molecule has 0 aliphatic carbocycles. The standard InChI is InChI=1S/C24H18BrIN2O4/c1-2-31-23-13-17(11-19(14-27)18-5-9-21(10-6-18)28(29)30)12-22(25)24(23)32-15-16-3-7-20(26)8-4-16/h3-13H,2,15H2,1H3/b19-11-. The summed E-state index contributed by atoms with van der Waals surface area (Å²) < 4.78 is 13.7. The van der Waals surface area contributed by atoms with E-state index in [1.54, 1.807) is 24.3 Å². The van der Waals surface area contributed by atoms with Gasteiger partial charge in [0.1, 0.15) is 6.61 Å². The number of ether oxygens (including phenoxy) is 2. The van der Waals surface area contributed by atoms with Crippen LogP contribution in [-0.4, -0.2) is 11.5 Å². The number of nitrogens with zero attached hydrogens (tertiary/aromatic N) is 2. The van der Waals surface area contributed by atoms with Gasteiger partial charge in [0.15, 0.2) is 11.5 Å². The van der Waals surface area contributed by atoms with Gasteiger partial charge >= 0.3 is 0 Å². The molecule has 0 heterocycles. The average molecular weight is 605 g/mol. The summed E-state index contributed by atoms with van der Waals surface area (Å²) in [6.45, 7) is 2.72. The lowest BCUT2D eigenvalue weighted by molar-refractivity contribution is -0.384. The van der Waals surface area contributed by atoms with E-state index < -0.39 is 4.92 Å². The second-order valence-corrected chi connectivity index (χ2v) is 8.75. The van der Waals surface area contributed by atoms with Crippen LogP contribution in [0.1, 0.15) is 23.6 Å². The van der Waals surface area contributed by atoms with E-state index in [0.717, 1.165) is 14.7 Å². The Morgan fingerprint density at radius 2 is 1.84 bits per heavy atom. The summed E-state index contributed by atoms with van der Waals surface area (Å²) >= 11 is 5.81. The number of hydrogen-bond acceptors (Lipinski definition) is 5. The Hall–Kier alpha value is -2.90. The minimum absolute atomic E-state index is 0.0259. The number of halogens is 2. The maximum Gasteiger partial charge on any atom is 0.269 e. The van der Waals surface area contributed by atoms with E-state index in [1.165, 1.54) is 12.1 Å². The zero-order chi connectivity index (χ0) is 23.1. The molecule has 0 unspecified atom stereocenters. The Morgan fingerprint density at radius 3 is 2.44 bits per heavy atom. The molecule has 0 radical (unpaired) electrons. The van der Waals surface area contributed by atoms with Crippen LogP contribution in [0, 0.1) is 25.0 Å². The Balaban J connectivity index is 1.90. The first-order valence-corrected chi connectivity index (χ1v) is 11.5. The molecule has 0 atom stereocenters. The molecule has 6 nitrogen and oxygen atoms in total. The largest absolute Gasteiger partial charge is 0.490 e. The van der Waals surface area contributed by atoms with E-state index in [4.69, 9.17) is 9.47 Å². The number of nitro benzene ring substituents is 1. The van der Waals surface area contributed by atoms with Crippen molar-refractivity contribution in [3.8, 4) is 17.6 Å². The maximum absolute atomic E-state index is 10.9. The Bertz CT molecular complexity index is 1190. The number of hydrogen-bond donors (Lipinski definition) is 0. The number of benzene rings is 3. The second kappa shape index (κ2) is 11.1. The van der Waals surface area contributed by atoms with E-state index in [1.807, 2.05) is 37.3 Å². The summed E-state index contributed by atoms with van der Waals surface area (Å²) in [6, 6.07) is 19.7. The summed E-state index contributed by atoms with van der Waals surface area (Å²) in [5, 5.41) is 20.5. The molecule has 0 fully saturated rings. The highest BCUT2D eigenvalue weighted by Gasteiger charge is 2.13. The molecule has 162 valence electrons. The summed E-state index contributed by atoms with van der Waals surface area (Å²) in [4.78, 5) is 10.4. The summed E-state index contributed by atoms with van der Waals surface area (Å²) in [6.07, 6.45) is 1.71. The van der Waals surface area contributed by atoms with E-state index in [9.17, 15) is 15.4 Å². The van der Waals surface area contributed by atoms with Crippen molar-refractivity contribution in [2.24, 2.45) is 0 Å². The quantitative estimate of drug-likeness (QED) is 0.0908. The Morgan fingerprint density at radius 1 is 1.16 bits per heavy atom. The van der Waals surface area contributed by atoms with E-state index in [2.05, 4.69) is 44.6 Å². The number of nitriles is 1. The zero-order valence-electron chi connectivity index (χ0n) is 17.0. The third-order valence-electron chi connectivity index (χ3n) is 4.45. The number of rotatable bonds is 8. The van der Waals surface area contributed by atoms with Crippen LogP contribution in [0.15, 0.2) is 65.1 Å².